The van der Waals surface area contributed by atoms with Crippen molar-refractivity contribution in [2.45, 2.75) is 26.3 Å². The number of benzene rings is 2. The summed E-state index contributed by atoms with van der Waals surface area (Å²) in [5.74, 6) is -11.7. The smallest absolute Gasteiger partial charge is 0.254 e. The van der Waals surface area contributed by atoms with Gasteiger partial charge in [0.25, 0.3) is 5.91 Å². The number of carbonyl (C=O) groups is 2. The molecular formula is C21H19F5N4O3S. The van der Waals surface area contributed by atoms with E-state index in [1.165, 1.54) is 0 Å². The minimum atomic E-state index is -2.33. The number of hydrogen-bond acceptors (Lipinski definition) is 5. The van der Waals surface area contributed by atoms with Crippen molar-refractivity contribution in [1.29, 1.82) is 0 Å². The Bertz CT molecular complexity index is 1100. The second-order valence-corrected chi connectivity index (χ2v) is 7.38. The van der Waals surface area contributed by atoms with Crippen LogP contribution in [0.25, 0.3) is 0 Å². The predicted molar refractivity (Wildman–Crippen MR) is 116 cm³/mol. The molecule has 0 aliphatic carbocycles. The van der Waals surface area contributed by atoms with Gasteiger partial charge in [0.2, 0.25) is 11.7 Å². The number of amides is 2. The number of carbonyl (C=O) groups excluding carboxylic acids is 2. The monoisotopic (exact) mass is 502 g/mol. The van der Waals surface area contributed by atoms with E-state index < -0.39 is 59.1 Å². The molecule has 1 unspecified atom stereocenters. The van der Waals surface area contributed by atoms with Gasteiger partial charge in [0.1, 0.15) is 17.5 Å². The van der Waals surface area contributed by atoms with E-state index in [0.717, 1.165) is 9.91 Å². The highest BCUT2D eigenvalue weighted by Gasteiger charge is 2.44. The zero-order valence-electron chi connectivity index (χ0n) is 17.9. The van der Waals surface area contributed by atoms with Gasteiger partial charge in [-0.2, -0.15) is 0 Å². The molecule has 1 aliphatic heterocycles. The van der Waals surface area contributed by atoms with Crippen LogP contribution in [0.5, 0.6) is 5.75 Å². The Labute approximate surface area is 196 Å². The number of halogens is 5. The summed E-state index contributed by atoms with van der Waals surface area (Å²) in [7, 11) is 0. The number of likely N-dealkylation sites (N-methyl/N-ethyl adjacent to an activating group) is 1. The largest absolute Gasteiger partial charge is 0.494 e. The van der Waals surface area contributed by atoms with Crippen molar-refractivity contribution in [2.75, 3.05) is 23.9 Å². The lowest BCUT2D eigenvalue weighted by Crippen LogP contribution is -2.42. The highest BCUT2D eigenvalue weighted by molar-refractivity contribution is 7.80. The summed E-state index contributed by atoms with van der Waals surface area (Å²) < 4.78 is 74.3. The van der Waals surface area contributed by atoms with Gasteiger partial charge in [0.15, 0.2) is 28.4 Å². The average molecular weight is 502 g/mol. The molecule has 1 heterocycles. The third-order valence-corrected chi connectivity index (χ3v) is 5.30. The lowest BCUT2D eigenvalue weighted by atomic mass is 10.2. The third kappa shape index (κ3) is 4.74. The van der Waals surface area contributed by atoms with E-state index in [1.807, 2.05) is 12.3 Å². The van der Waals surface area contributed by atoms with E-state index >= 15 is 0 Å². The van der Waals surface area contributed by atoms with Crippen molar-refractivity contribution in [3.05, 3.63) is 53.4 Å². The summed E-state index contributed by atoms with van der Waals surface area (Å²) >= 11 is 5.13. The Morgan fingerprint density at radius 2 is 1.56 bits per heavy atom. The molecule has 0 spiro atoms. The molecule has 34 heavy (non-hydrogen) atoms. The van der Waals surface area contributed by atoms with E-state index in [9.17, 15) is 31.5 Å². The molecule has 2 N–H and O–H groups in total. The van der Waals surface area contributed by atoms with Crippen LogP contribution in [0.3, 0.4) is 0 Å². The lowest BCUT2D eigenvalue weighted by Gasteiger charge is -2.26. The predicted octanol–water partition coefficient (Wildman–Crippen LogP) is 3.95. The standard InChI is InChI=1S/C21H19F5N4O3S/c1-3-29-20(32)12(9-13(31)27-10-5-7-11(8-6-10)33-4-2)30(21(29)34)28-19-17(25)15(23)14(22)16(24)18(19)26/h5-8,12,28H,3-4,9H2,1-2H3,(H,27,31). The fourth-order valence-electron chi connectivity index (χ4n) is 3.26. The number of hydrogen-bond donors (Lipinski definition) is 2. The average Bonchev–Trinajstić information content (AvgIpc) is 3.03. The van der Waals surface area contributed by atoms with Gasteiger partial charge in [-0.15, -0.1) is 0 Å². The van der Waals surface area contributed by atoms with Gasteiger partial charge in [-0.05, 0) is 50.3 Å². The maximum absolute atomic E-state index is 14.2. The van der Waals surface area contributed by atoms with Crippen molar-refractivity contribution in [3.63, 3.8) is 0 Å². The van der Waals surface area contributed by atoms with Gasteiger partial charge in [0, 0.05) is 12.2 Å². The summed E-state index contributed by atoms with van der Waals surface area (Å²) in [5, 5.41) is 3.00. The molecule has 0 bridgehead atoms. The minimum Gasteiger partial charge on any atom is -0.494 e. The molecule has 1 saturated heterocycles. The van der Waals surface area contributed by atoms with Crippen LogP contribution in [0.15, 0.2) is 24.3 Å². The van der Waals surface area contributed by atoms with Crippen LogP contribution in [-0.4, -0.2) is 46.0 Å². The number of nitrogens with one attached hydrogen (secondary N) is 2. The first-order chi connectivity index (χ1) is 16.1. The van der Waals surface area contributed by atoms with Crippen molar-refractivity contribution in [1.82, 2.24) is 9.91 Å². The summed E-state index contributed by atoms with van der Waals surface area (Å²) in [6.07, 6.45) is -0.537. The number of rotatable bonds is 8. The Balaban J connectivity index is 1.84. The van der Waals surface area contributed by atoms with Crippen LogP contribution in [0, 0.1) is 29.1 Å². The summed E-state index contributed by atoms with van der Waals surface area (Å²) in [6.45, 7) is 3.87. The number of thiocarbonyl (C=S) groups is 1. The maximum atomic E-state index is 14.2. The molecule has 7 nitrogen and oxygen atoms in total. The minimum absolute atomic E-state index is 0.0456. The van der Waals surface area contributed by atoms with E-state index in [-0.39, 0.29) is 11.7 Å². The van der Waals surface area contributed by atoms with Gasteiger partial charge in [-0.3, -0.25) is 19.9 Å². The SMILES string of the molecule is CCOc1ccc(NC(=O)CC2C(=O)N(CC)C(=S)N2Nc2c(F)c(F)c(F)c(F)c2F)cc1. The van der Waals surface area contributed by atoms with E-state index in [2.05, 4.69) is 5.32 Å². The molecule has 2 aromatic carbocycles. The number of anilines is 2. The zero-order chi connectivity index (χ0) is 25.2. The molecule has 2 amide bonds. The molecule has 0 saturated carbocycles. The Kier molecular flexibility index (Phi) is 7.54. The Morgan fingerprint density at radius 1 is 1.00 bits per heavy atom. The van der Waals surface area contributed by atoms with E-state index in [0.29, 0.717) is 18.0 Å². The second kappa shape index (κ2) is 10.2. The van der Waals surface area contributed by atoms with Gasteiger partial charge < -0.3 is 10.1 Å². The molecular weight excluding hydrogens is 483 g/mol. The molecule has 0 radical (unpaired) electrons. The quantitative estimate of drug-likeness (QED) is 0.247. The van der Waals surface area contributed by atoms with Crippen LogP contribution in [-0.2, 0) is 9.59 Å². The summed E-state index contributed by atoms with van der Waals surface area (Å²) in [4.78, 5) is 26.4. The first-order valence-electron chi connectivity index (χ1n) is 10.1. The molecule has 2 aromatic rings. The fourth-order valence-corrected chi connectivity index (χ4v) is 3.65. The van der Waals surface area contributed by atoms with Crippen molar-refractivity contribution < 1.29 is 36.3 Å². The van der Waals surface area contributed by atoms with Crippen LogP contribution in [0.2, 0.25) is 0 Å². The van der Waals surface area contributed by atoms with Crippen LogP contribution in [0.4, 0.5) is 33.3 Å². The van der Waals surface area contributed by atoms with Crippen LogP contribution < -0.4 is 15.5 Å². The topological polar surface area (TPSA) is 73.9 Å². The maximum Gasteiger partial charge on any atom is 0.254 e. The van der Waals surface area contributed by atoms with E-state index in [4.69, 9.17) is 17.0 Å². The first kappa shape index (κ1) is 25.1. The Morgan fingerprint density at radius 3 is 2.09 bits per heavy atom. The third-order valence-electron chi connectivity index (χ3n) is 4.89. The van der Waals surface area contributed by atoms with Gasteiger partial charge in [-0.1, -0.05) is 0 Å². The molecule has 3 rings (SSSR count). The summed E-state index contributed by atoms with van der Waals surface area (Å²) in [5.41, 5.74) is 0.989. The number of ether oxygens (including phenoxy) is 1. The highest BCUT2D eigenvalue weighted by Crippen LogP contribution is 2.30. The fraction of sp³-hybridized carbons (Fsp3) is 0.286. The first-order valence-corrected chi connectivity index (χ1v) is 10.5. The number of hydrazine groups is 1. The van der Waals surface area contributed by atoms with Crippen LogP contribution >= 0.6 is 12.2 Å². The van der Waals surface area contributed by atoms with Gasteiger partial charge in [-0.25, -0.2) is 27.0 Å². The second-order valence-electron chi connectivity index (χ2n) is 7.02. The molecule has 1 atom stereocenters. The van der Waals surface area contributed by atoms with Gasteiger partial charge >= 0.3 is 0 Å². The number of nitrogens with zero attached hydrogens (tertiary/aromatic N) is 2. The molecule has 0 aromatic heterocycles. The lowest BCUT2D eigenvalue weighted by molar-refractivity contribution is -0.130. The van der Waals surface area contributed by atoms with Gasteiger partial charge in [0.05, 0.1) is 13.0 Å². The van der Waals surface area contributed by atoms with Crippen molar-refractivity contribution in [3.8, 4) is 5.75 Å². The Hall–Kier alpha value is -3.48. The van der Waals surface area contributed by atoms with Crippen LogP contribution in [0.1, 0.15) is 20.3 Å². The zero-order valence-corrected chi connectivity index (χ0v) is 18.7. The highest BCUT2D eigenvalue weighted by atomic mass is 32.1. The molecule has 182 valence electrons. The molecule has 1 fully saturated rings. The molecule has 1 aliphatic rings. The molecule has 13 heteroatoms. The van der Waals surface area contributed by atoms with Crippen molar-refractivity contribution in [2.24, 2.45) is 0 Å². The van der Waals surface area contributed by atoms with E-state index in [1.54, 1.807) is 31.2 Å². The van der Waals surface area contributed by atoms with Crippen molar-refractivity contribution >= 4 is 40.5 Å². The summed E-state index contributed by atoms with van der Waals surface area (Å²) in [6, 6.07) is 4.95. The normalized spacial score (nSPS) is 15.7.